The molecule has 108 valence electrons. The number of nitrogens with zero attached hydrogens (tertiary/aromatic N) is 2. The average Bonchev–Trinajstić information content (AvgIpc) is 2.84. The summed E-state index contributed by atoms with van der Waals surface area (Å²) in [5.41, 5.74) is 1.74. The van der Waals surface area contributed by atoms with E-state index < -0.39 is 5.60 Å². The molecule has 2 rings (SSSR count). The maximum Gasteiger partial charge on any atom is 0.172 e. The van der Waals surface area contributed by atoms with Crippen LogP contribution in [0.4, 0.5) is 0 Å². The Hall–Kier alpha value is -1.26. The normalized spacial score (nSPS) is 12.1. The molecule has 0 aliphatic heterocycles. The molecule has 0 radical (unpaired) electrons. The van der Waals surface area contributed by atoms with Crippen molar-refractivity contribution in [2.75, 3.05) is 5.75 Å². The third-order valence-corrected chi connectivity index (χ3v) is 4.41. The molecule has 1 heterocycles. The van der Waals surface area contributed by atoms with Gasteiger partial charge >= 0.3 is 0 Å². The van der Waals surface area contributed by atoms with Crippen LogP contribution in [0, 0.1) is 0 Å². The highest BCUT2D eigenvalue weighted by Crippen LogP contribution is 2.24. The van der Waals surface area contributed by atoms with Gasteiger partial charge in [0.05, 0.1) is 5.60 Å². The van der Waals surface area contributed by atoms with Crippen molar-refractivity contribution in [3.8, 4) is 5.69 Å². The first-order valence-corrected chi connectivity index (χ1v) is 7.84. The highest BCUT2D eigenvalue weighted by Gasteiger charge is 2.15. The Kier molecular flexibility index (Phi) is 4.55. The third kappa shape index (κ3) is 3.87. The van der Waals surface area contributed by atoms with Crippen LogP contribution in [0.25, 0.3) is 5.69 Å². The second kappa shape index (κ2) is 6.02. The zero-order chi connectivity index (χ0) is 14.8. The molecule has 2 aromatic rings. The van der Waals surface area contributed by atoms with Gasteiger partial charge in [-0.25, -0.2) is 4.98 Å². The van der Waals surface area contributed by atoms with Crippen LogP contribution < -0.4 is 0 Å². The van der Waals surface area contributed by atoms with Crippen LogP contribution in [0.1, 0.15) is 39.2 Å². The van der Waals surface area contributed by atoms with Gasteiger partial charge in [-0.1, -0.05) is 37.7 Å². The van der Waals surface area contributed by atoms with Crippen LogP contribution in [0.3, 0.4) is 0 Å². The lowest BCUT2D eigenvalue weighted by Gasteiger charge is -2.16. The molecular weight excluding hydrogens is 268 g/mol. The van der Waals surface area contributed by atoms with Crippen molar-refractivity contribution < 1.29 is 5.11 Å². The lowest BCUT2D eigenvalue weighted by Crippen LogP contribution is -2.22. The van der Waals surface area contributed by atoms with Gasteiger partial charge in [0.2, 0.25) is 0 Å². The van der Waals surface area contributed by atoms with Gasteiger partial charge in [-0.2, -0.15) is 0 Å². The first kappa shape index (κ1) is 15.1. The largest absolute Gasteiger partial charge is 0.390 e. The van der Waals surface area contributed by atoms with Crippen LogP contribution >= 0.6 is 11.8 Å². The van der Waals surface area contributed by atoms with Crippen molar-refractivity contribution in [1.82, 2.24) is 9.55 Å². The number of rotatable bonds is 5. The van der Waals surface area contributed by atoms with Gasteiger partial charge in [0, 0.05) is 23.8 Å². The van der Waals surface area contributed by atoms with Crippen molar-refractivity contribution in [2.24, 2.45) is 0 Å². The minimum absolute atomic E-state index is 0.538. The van der Waals surface area contributed by atoms with Crippen LogP contribution in [0.15, 0.2) is 41.8 Å². The lowest BCUT2D eigenvalue weighted by atomic mass is 10.0. The summed E-state index contributed by atoms with van der Waals surface area (Å²) in [6, 6.07) is 8.55. The summed E-state index contributed by atoms with van der Waals surface area (Å²) in [7, 11) is 0. The fourth-order valence-corrected chi connectivity index (χ4v) is 2.78. The molecule has 0 atom stereocenters. The van der Waals surface area contributed by atoms with Gasteiger partial charge in [0.1, 0.15) is 0 Å². The van der Waals surface area contributed by atoms with E-state index in [4.69, 9.17) is 0 Å². The Labute approximate surface area is 125 Å². The summed E-state index contributed by atoms with van der Waals surface area (Å²) in [6.45, 7) is 8.00. The highest BCUT2D eigenvalue weighted by molar-refractivity contribution is 7.99. The number of hydrogen-bond donors (Lipinski definition) is 1. The van der Waals surface area contributed by atoms with Gasteiger partial charge in [-0.15, -0.1) is 0 Å². The molecule has 1 aromatic heterocycles. The minimum atomic E-state index is -0.692. The van der Waals surface area contributed by atoms with E-state index in [0.29, 0.717) is 11.7 Å². The topological polar surface area (TPSA) is 38.0 Å². The van der Waals surface area contributed by atoms with Crippen molar-refractivity contribution >= 4 is 11.8 Å². The molecule has 3 nitrogen and oxygen atoms in total. The quantitative estimate of drug-likeness (QED) is 0.850. The predicted octanol–water partition coefficient (Wildman–Crippen LogP) is 3.86. The molecule has 0 aliphatic carbocycles. The van der Waals surface area contributed by atoms with E-state index in [-0.39, 0.29) is 0 Å². The molecule has 0 unspecified atom stereocenters. The van der Waals surface area contributed by atoms with Crippen LogP contribution in [-0.2, 0) is 0 Å². The maximum atomic E-state index is 9.82. The smallest absolute Gasteiger partial charge is 0.172 e. The highest BCUT2D eigenvalue weighted by atomic mass is 32.2. The monoisotopic (exact) mass is 290 g/mol. The summed E-state index contributed by atoms with van der Waals surface area (Å²) in [5.74, 6) is 1.16. The van der Waals surface area contributed by atoms with Crippen LogP contribution in [0.5, 0.6) is 0 Å². The standard InChI is InChI=1S/C16H22N2OS/c1-12(2)13-5-7-14(8-6-13)18-10-9-17-15(18)20-11-16(3,4)19/h5-10,12,19H,11H2,1-4H3. The Balaban J connectivity index is 2.19. The molecular formula is C16H22N2OS. The average molecular weight is 290 g/mol. The molecule has 0 saturated heterocycles. The van der Waals surface area contributed by atoms with E-state index in [1.807, 2.05) is 20.0 Å². The number of imidazole rings is 1. The molecule has 0 amide bonds. The molecule has 0 saturated carbocycles. The lowest BCUT2D eigenvalue weighted by molar-refractivity contribution is 0.107. The fraction of sp³-hybridized carbons (Fsp3) is 0.438. The number of benzene rings is 1. The SMILES string of the molecule is CC(C)c1ccc(-n2ccnc2SCC(C)(C)O)cc1. The van der Waals surface area contributed by atoms with E-state index in [0.717, 1.165) is 10.8 Å². The van der Waals surface area contributed by atoms with Crippen molar-refractivity contribution in [1.29, 1.82) is 0 Å². The summed E-state index contributed by atoms with van der Waals surface area (Å²) < 4.78 is 2.06. The number of hydrogen-bond acceptors (Lipinski definition) is 3. The van der Waals surface area contributed by atoms with Gasteiger partial charge < -0.3 is 5.11 Å². The molecule has 20 heavy (non-hydrogen) atoms. The van der Waals surface area contributed by atoms with E-state index in [1.54, 1.807) is 18.0 Å². The van der Waals surface area contributed by atoms with Gasteiger partial charge in [0.15, 0.2) is 5.16 Å². The van der Waals surface area contributed by atoms with E-state index in [2.05, 4.69) is 47.7 Å². The third-order valence-electron chi connectivity index (χ3n) is 3.00. The Bertz CT molecular complexity index is 553. The van der Waals surface area contributed by atoms with Gasteiger partial charge in [-0.3, -0.25) is 4.57 Å². The van der Waals surface area contributed by atoms with Crippen LogP contribution in [-0.4, -0.2) is 26.0 Å². The van der Waals surface area contributed by atoms with Crippen LogP contribution in [0.2, 0.25) is 0 Å². The zero-order valence-corrected chi connectivity index (χ0v) is 13.3. The second-order valence-electron chi connectivity index (χ2n) is 5.93. The first-order valence-electron chi connectivity index (χ1n) is 6.86. The second-order valence-corrected chi connectivity index (χ2v) is 6.87. The zero-order valence-electron chi connectivity index (χ0n) is 12.5. The number of aliphatic hydroxyl groups is 1. The van der Waals surface area contributed by atoms with Gasteiger partial charge in [0.25, 0.3) is 0 Å². The number of thioether (sulfide) groups is 1. The van der Waals surface area contributed by atoms with Crippen molar-refractivity contribution in [3.05, 3.63) is 42.2 Å². The summed E-state index contributed by atoms with van der Waals surface area (Å²) in [5, 5.41) is 10.7. The molecule has 4 heteroatoms. The molecule has 0 aliphatic rings. The predicted molar refractivity (Wildman–Crippen MR) is 84.7 cm³/mol. The summed E-state index contributed by atoms with van der Waals surface area (Å²) in [6.07, 6.45) is 3.75. The molecule has 0 bridgehead atoms. The molecule has 1 N–H and O–H groups in total. The Morgan fingerprint density at radius 1 is 1.25 bits per heavy atom. The summed E-state index contributed by atoms with van der Waals surface area (Å²) in [4.78, 5) is 4.37. The minimum Gasteiger partial charge on any atom is -0.390 e. The molecule has 1 aromatic carbocycles. The van der Waals surface area contributed by atoms with Gasteiger partial charge in [-0.05, 0) is 37.5 Å². The van der Waals surface area contributed by atoms with E-state index >= 15 is 0 Å². The van der Waals surface area contributed by atoms with E-state index in [9.17, 15) is 5.11 Å². The number of aromatic nitrogens is 2. The van der Waals surface area contributed by atoms with Crippen molar-refractivity contribution in [2.45, 2.75) is 44.4 Å². The molecule has 0 spiro atoms. The first-order chi connectivity index (χ1) is 9.37. The summed E-state index contributed by atoms with van der Waals surface area (Å²) >= 11 is 1.57. The molecule has 0 fully saturated rings. The Morgan fingerprint density at radius 3 is 2.45 bits per heavy atom. The fourth-order valence-electron chi connectivity index (χ4n) is 1.85. The van der Waals surface area contributed by atoms with Crippen molar-refractivity contribution in [3.63, 3.8) is 0 Å². The Morgan fingerprint density at radius 2 is 1.90 bits per heavy atom. The maximum absolute atomic E-state index is 9.82. The van der Waals surface area contributed by atoms with E-state index in [1.165, 1.54) is 5.56 Å².